The van der Waals surface area contributed by atoms with Crippen LogP contribution in [0, 0.1) is 5.82 Å². The number of aromatic hydroxyl groups is 1. The summed E-state index contributed by atoms with van der Waals surface area (Å²) < 4.78 is 36.8. The average Bonchev–Trinajstić information content (AvgIpc) is 2.09. The van der Waals surface area contributed by atoms with Crippen molar-refractivity contribution in [2.45, 2.75) is 13.0 Å². The molecule has 1 rings (SSSR count). The van der Waals surface area contributed by atoms with E-state index in [0.29, 0.717) is 6.07 Å². The first-order valence-electron chi connectivity index (χ1n) is 3.42. The number of hydrogen-bond acceptors (Lipinski definition) is 3. The molecule has 0 aliphatic heterocycles. The molecule has 3 nitrogen and oxygen atoms in total. The fourth-order valence-corrected chi connectivity index (χ4v) is 0.831. The monoisotopic (exact) mass is 192 g/mol. The van der Waals surface area contributed by atoms with Crippen molar-refractivity contribution >= 4 is 0 Å². The van der Waals surface area contributed by atoms with Gasteiger partial charge in [0.2, 0.25) is 0 Å². The molecule has 1 aromatic heterocycles. The smallest absolute Gasteiger partial charge is 0.280 e. The van der Waals surface area contributed by atoms with Gasteiger partial charge in [0, 0.05) is 12.6 Å². The number of nitrogens with zero attached hydrogens (tertiary/aromatic N) is 1. The molecule has 1 aromatic rings. The van der Waals surface area contributed by atoms with Crippen LogP contribution >= 0.6 is 0 Å². The van der Waals surface area contributed by atoms with Gasteiger partial charge in [0.25, 0.3) is 6.43 Å². The Kier molecular flexibility index (Phi) is 2.72. The van der Waals surface area contributed by atoms with Crippen LogP contribution in [0.3, 0.4) is 0 Å². The first-order valence-corrected chi connectivity index (χ1v) is 3.42. The summed E-state index contributed by atoms with van der Waals surface area (Å²) in [7, 11) is 0. The number of rotatable bonds is 2. The van der Waals surface area contributed by atoms with Crippen molar-refractivity contribution in [3.63, 3.8) is 0 Å². The molecule has 0 aliphatic rings. The van der Waals surface area contributed by atoms with Crippen molar-refractivity contribution in [3.8, 4) is 5.75 Å². The molecule has 0 amide bonds. The molecule has 0 bridgehead atoms. The Morgan fingerprint density at radius 3 is 2.62 bits per heavy atom. The van der Waals surface area contributed by atoms with E-state index in [0.717, 1.165) is 0 Å². The van der Waals surface area contributed by atoms with Crippen molar-refractivity contribution < 1.29 is 18.3 Å². The second-order valence-corrected chi connectivity index (χ2v) is 2.33. The lowest BCUT2D eigenvalue weighted by Gasteiger charge is -2.05. The second-order valence-electron chi connectivity index (χ2n) is 2.33. The van der Waals surface area contributed by atoms with Crippen LogP contribution in [0.25, 0.3) is 0 Å². The van der Waals surface area contributed by atoms with Gasteiger partial charge >= 0.3 is 0 Å². The number of nitrogens with two attached hydrogens (primary N) is 1. The SMILES string of the molecule is NCc1nc(C(F)F)cc(F)c1O. The highest BCUT2D eigenvalue weighted by Crippen LogP contribution is 2.24. The summed E-state index contributed by atoms with van der Waals surface area (Å²) >= 11 is 0. The number of halogens is 3. The minimum atomic E-state index is -2.87. The zero-order valence-corrected chi connectivity index (χ0v) is 6.47. The molecule has 0 aliphatic carbocycles. The third-order valence-corrected chi connectivity index (χ3v) is 1.46. The van der Waals surface area contributed by atoms with Gasteiger partial charge in [0.05, 0.1) is 5.69 Å². The van der Waals surface area contributed by atoms with E-state index < -0.39 is 23.7 Å². The number of pyridine rings is 1. The third kappa shape index (κ3) is 1.89. The minimum absolute atomic E-state index is 0.268. The second kappa shape index (κ2) is 3.61. The lowest BCUT2D eigenvalue weighted by Crippen LogP contribution is -2.04. The predicted octanol–water partition coefficient (Wildman–Crippen LogP) is 1.32. The minimum Gasteiger partial charge on any atom is -0.503 e. The molecule has 13 heavy (non-hydrogen) atoms. The van der Waals surface area contributed by atoms with Gasteiger partial charge in [0.15, 0.2) is 11.6 Å². The van der Waals surface area contributed by atoms with Gasteiger partial charge in [-0.2, -0.15) is 0 Å². The summed E-state index contributed by atoms with van der Waals surface area (Å²) in [6.45, 7) is -0.288. The lowest BCUT2D eigenvalue weighted by atomic mass is 10.2. The van der Waals surface area contributed by atoms with E-state index in [1.54, 1.807) is 0 Å². The molecule has 3 N–H and O–H groups in total. The highest BCUT2D eigenvalue weighted by atomic mass is 19.3. The molecular weight excluding hydrogens is 185 g/mol. The maximum Gasteiger partial charge on any atom is 0.280 e. The van der Waals surface area contributed by atoms with E-state index in [4.69, 9.17) is 10.8 Å². The van der Waals surface area contributed by atoms with Crippen LogP contribution in [0.5, 0.6) is 5.75 Å². The van der Waals surface area contributed by atoms with Gasteiger partial charge in [-0.1, -0.05) is 0 Å². The zero-order chi connectivity index (χ0) is 10.0. The molecule has 0 atom stereocenters. The van der Waals surface area contributed by atoms with Gasteiger partial charge < -0.3 is 10.8 Å². The normalized spacial score (nSPS) is 10.8. The highest BCUT2D eigenvalue weighted by molar-refractivity contribution is 5.30. The molecule has 1 heterocycles. The Hall–Kier alpha value is -1.30. The fraction of sp³-hybridized carbons (Fsp3) is 0.286. The maximum absolute atomic E-state index is 12.7. The van der Waals surface area contributed by atoms with Gasteiger partial charge in [-0.05, 0) is 0 Å². The number of aromatic nitrogens is 1. The highest BCUT2D eigenvalue weighted by Gasteiger charge is 2.15. The van der Waals surface area contributed by atoms with Crippen LogP contribution in [-0.2, 0) is 6.54 Å². The standard InChI is InChI=1S/C7H7F3N2O/c8-3-1-4(7(9)10)12-5(2-11)6(3)13/h1,7,13H,2,11H2. The van der Waals surface area contributed by atoms with Crippen LogP contribution in [0.2, 0.25) is 0 Å². The van der Waals surface area contributed by atoms with Crippen LogP contribution in [0.15, 0.2) is 6.07 Å². The Balaban J connectivity index is 3.22. The lowest BCUT2D eigenvalue weighted by molar-refractivity contribution is 0.145. The average molecular weight is 192 g/mol. The van der Waals surface area contributed by atoms with E-state index in [1.165, 1.54) is 0 Å². The molecule has 0 unspecified atom stereocenters. The van der Waals surface area contributed by atoms with E-state index in [9.17, 15) is 13.2 Å². The topological polar surface area (TPSA) is 59.1 Å². The van der Waals surface area contributed by atoms with Crippen LogP contribution in [-0.4, -0.2) is 10.1 Å². The number of hydrogen-bond donors (Lipinski definition) is 2. The fourth-order valence-electron chi connectivity index (χ4n) is 0.831. The number of alkyl halides is 2. The molecule has 0 saturated heterocycles. The predicted molar refractivity (Wildman–Crippen MR) is 38.7 cm³/mol. The Labute approximate surface area is 72.0 Å². The first kappa shape index (κ1) is 9.79. The summed E-state index contributed by atoms with van der Waals surface area (Å²) in [5, 5.41) is 8.94. The van der Waals surface area contributed by atoms with Crippen LogP contribution in [0.1, 0.15) is 17.8 Å². The van der Waals surface area contributed by atoms with Crippen molar-refractivity contribution in [2.24, 2.45) is 5.73 Å². The van der Waals surface area contributed by atoms with Crippen LogP contribution in [0.4, 0.5) is 13.2 Å². The van der Waals surface area contributed by atoms with Gasteiger partial charge in [-0.25, -0.2) is 18.2 Å². The van der Waals surface area contributed by atoms with Gasteiger partial charge in [0.1, 0.15) is 5.69 Å². The van der Waals surface area contributed by atoms with E-state index in [-0.39, 0.29) is 12.2 Å². The summed E-state index contributed by atoms with van der Waals surface area (Å²) in [6, 6.07) is 0.485. The quantitative estimate of drug-likeness (QED) is 0.742. The maximum atomic E-state index is 12.7. The van der Waals surface area contributed by atoms with E-state index in [1.807, 2.05) is 0 Å². The van der Waals surface area contributed by atoms with Crippen molar-refractivity contribution in [1.29, 1.82) is 0 Å². The van der Waals surface area contributed by atoms with Gasteiger partial charge in [-0.3, -0.25) is 0 Å². The summed E-state index contributed by atoms with van der Waals surface area (Å²) in [5.74, 6) is -1.90. The third-order valence-electron chi connectivity index (χ3n) is 1.46. The Morgan fingerprint density at radius 1 is 1.54 bits per heavy atom. The Bertz CT molecular complexity index is 317. The summed E-state index contributed by atoms with van der Waals surface area (Å²) in [4.78, 5) is 3.29. The first-order chi connectivity index (χ1) is 6.06. The molecule has 0 fully saturated rings. The molecule has 72 valence electrons. The van der Waals surface area contributed by atoms with Crippen LogP contribution < -0.4 is 5.73 Å². The van der Waals surface area contributed by atoms with Crippen molar-refractivity contribution in [2.75, 3.05) is 0 Å². The van der Waals surface area contributed by atoms with Crippen molar-refractivity contribution in [3.05, 3.63) is 23.3 Å². The molecule has 0 aromatic carbocycles. The van der Waals surface area contributed by atoms with E-state index in [2.05, 4.69) is 4.98 Å². The largest absolute Gasteiger partial charge is 0.503 e. The van der Waals surface area contributed by atoms with Crippen molar-refractivity contribution in [1.82, 2.24) is 4.98 Å². The molecular formula is C7H7F3N2O. The molecule has 0 saturated carbocycles. The van der Waals surface area contributed by atoms with E-state index >= 15 is 0 Å². The van der Waals surface area contributed by atoms with Gasteiger partial charge in [-0.15, -0.1) is 0 Å². The Morgan fingerprint density at radius 2 is 2.15 bits per heavy atom. The summed E-state index contributed by atoms with van der Waals surface area (Å²) in [6.07, 6.45) is -2.87. The molecule has 0 radical (unpaired) electrons. The zero-order valence-electron chi connectivity index (χ0n) is 6.47. The molecule has 6 heteroatoms. The summed E-state index contributed by atoms with van der Waals surface area (Å²) in [5.41, 5.74) is 4.06. The molecule has 0 spiro atoms.